The van der Waals surface area contributed by atoms with Gasteiger partial charge >= 0.3 is 45.5 Å². The van der Waals surface area contributed by atoms with Crippen LogP contribution in [0.15, 0.2) is 0 Å². The van der Waals surface area contributed by atoms with Crippen molar-refractivity contribution in [1.82, 2.24) is 5.32 Å². The van der Waals surface area contributed by atoms with Gasteiger partial charge < -0.3 is 8.17 Å². The third kappa shape index (κ3) is 9.06. The maximum Gasteiger partial charge on any atom is 2.00 e. The second-order valence-corrected chi connectivity index (χ2v) is 0.957. The summed E-state index contributed by atoms with van der Waals surface area (Å²) in [6.45, 7) is 6.39. The third-order valence-corrected chi connectivity index (χ3v) is 0.500. The molecular weight excluding hydrogens is 150 g/mol. The fourth-order valence-electron chi connectivity index (χ4n) is 0.250. The average molecular weight is 163 g/mol. The molecule has 0 amide bonds. The van der Waals surface area contributed by atoms with Gasteiger partial charge in [-0.3, -0.25) is 0 Å². The molecule has 0 bridgehead atoms. The molecule has 0 aliphatic carbocycles. The Morgan fingerprint density at radius 3 is 1.67 bits per heavy atom. The maximum atomic E-state index is 3.11. The molecule has 6 heavy (non-hydrogen) atoms. The van der Waals surface area contributed by atoms with E-state index in [0.29, 0.717) is 0 Å². The number of hydrogen-bond donors (Lipinski definition) is 1. The van der Waals surface area contributed by atoms with E-state index < -0.39 is 0 Å². The van der Waals surface area contributed by atoms with E-state index in [9.17, 15) is 0 Å². The molecule has 0 radical (unpaired) electrons. The van der Waals surface area contributed by atoms with E-state index in [0.717, 1.165) is 13.1 Å². The zero-order chi connectivity index (χ0) is 4.12. The zero-order valence-corrected chi connectivity index (χ0v) is 8.10. The summed E-state index contributed by atoms with van der Waals surface area (Å²) in [5.41, 5.74) is 0. The van der Waals surface area contributed by atoms with Gasteiger partial charge in [-0.1, -0.05) is 13.8 Å². The second kappa shape index (κ2) is 9.67. The van der Waals surface area contributed by atoms with E-state index in [1.165, 1.54) is 0 Å². The quantitative estimate of drug-likeness (QED) is 0.582. The summed E-state index contributed by atoms with van der Waals surface area (Å²) in [4.78, 5) is 0. The first-order chi connectivity index (χ1) is 2.41. The van der Waals surface area contributed by atoms with Crippen LogP contribution in [-0.4, -0.2) is 58.6 Å². The molecule has 1 N–H and O–H groups in total. The number of rotatable bonds is 2. The normalized spacial score (nSPS) is 7.00. The van der Waals surface area contributed by atoms with Crippen LogP contribution in [0.25, 0.3) is 0 Å². The zero-order valence-electron chi connectivity index (χ0n) is 6.62. The Morgan fingerprint density at radius 2 is 1.67 bits per heavy atom. The molecule has 0 aromatic rings. The van der Waals surface area contributed by atoms with Crippen LogP contribution in [0.4, 0.5) is 0 Å². The number of hydrogen-bond acceptors (Lipinski definition) is 1. The van der Waals surface area contributed by atoms with Crippen molar-refractivity contribution in [1.29, 1.82) is 0 Å². The first-order valence-corrected chi connectivity index (χ1v) is 2.12. The van der Waals surface area contributed by atoms with Crippen LogP contribution in [0, 0.1) is 0 Å². The van der Waals surface area contributed by atoms with Crippen molar-refractivity contribution in [3.8, 4) is 0 Å². The second-order valence-electron chi connectivity index (χ2n) is 0.957. The molecule has 0 aliphatic rings. The van der Waals surface area contributed by atoms with Gasteiger partial charge in [0, 0.05) is 0 Å². The van der Waals surface area contributed by atoms with E-state index in [4.69, 9.17) is 0 Å². The summed E-state index contributed by atoms with van der Waals surface area (Å²) < 4.78 is 0. The first kappa shape index (κ1) is 10.4. The Morgan fingerprint density at radius 1 is 1.33 bits per heavy atom. The topological polar surface area (TPSA) is 12.0 Å². The van der Waals surface area contributed by atoms with Crippen LogP contribution in [0.2, 0.25) is 0 Å². The smallest absolute Gasteiger partial charge is 1.00 e. The van der Waals surface area contributed by atoms with Crippen molar-refractivity contribution in [3.05, 3.63) is 0 Å². The van der Waals surface area contributed by atoms with E-state index in [1.807, 2.05) is 0 Å². The van der Waals surface area contributed by atoms with Crippen LogP contribution in [-0.2, 0) is 0 Å². The Balaban J connectivity index is -0.0000000267. The molecule has 0 unspecified atom stereocenters. The average Bonchev–Trinajstić information content (AvgIpc) is 1.41. The van der Waals surface area contributed by atoms with Crippen LogP contribution < -0.4 is 5.32 Å². The minimum atomic E-state index is 0. The van der Waals surface area contributed by atoms with Gasteiger partial charge in [0.1, 0.15) is 0 Å². The Labute approximate surface area is 79.7 Å². The van der Waals surface area contributed by atoms with Gasteiger partial charge in [-0.05, 0) is 13.1 Å². The molecule has 0 atom stereocenters. The molecule has 0 spiro atoms. The Kier molecular flexibility index (Phi) is 16.8. The van der Waals surface area contributed by atoms with Crippen molar-refractivity contribution in [2.24, 2.45) is 0 Å². The Hall–Kier alpha value is 1.44. The molecule has 0 heterocycles. The summed E-state index contributed by atoms with van der Waals surface area (Å²) in [7, 11) is 0. The molecule has 0 aromatic carbocycles. The molecule has 0 aromatic heterocycles. The first-order valence-electron chi connectivity index (χ1n) is 2.12. The number of nitrogens with one attached hydrogen (secondary N) is 1. The predicted molar refractivity (Wildman–Crippen MR) is 32.2 cm³/mol. The van der Waals surface area contributed by atoms with E-state index in [1.54, 1.807) is 0 Å². The molecular formula is C4H13NSr. The molecule has 0 saturated heterocycles. The molecule has 0 saturated carbocycles. The predicted octanol–water partition coefficient (Wildman–Crippen LogP) is 0.460. The minimum Gasteiger partial charge on any atom is -1.00 e. The Bertz CT molecular complexity index is 21.5. The maximum absolute atomic E-state index is 3.11. The fourth-order valence-corrected chi connectivity index (χ4v) is 0.250. The van der Waals surface area contributed by atoms with E-state index in [2.05, 4.69) is 19.2 Å². The molecule has 36 valence electrons. The molecule has 0 fully saturated rings. The van der Waals surface area contributed by atoms with Gasteiger partial charge in [0.2, 0.25) is 0 Å². The summed E-state index contributed by atoms with van der Waals surface area (Å²) in [6.07, 6.45) is 0. The van der Waals surface area contributed by atoms with Gasteiger partial charge in [-0.15, -0.1) is 0 Å². The summed E-state index contributed by atoms with van der Waals surface area (Å²) >= 11 is 0. The van der Waals surface area contributed by atoms with Crippen molar-refractivity contribution in [2.45, 2.75) is 13.8 Å². The third-order valence-electron chi connectivity index (χ3n) is 0.500. The monoisotopic (exact) mass is 163 g/mol. The molecule has 1 nitrogen and oxygen atoms in total. The van der Waals surface area contributed by atoms with Crippen molar-refractivity contribution >= 4 is 45.5 Å². The van der Waals surface area contributed by atoms with E-state index >= 15 is 0 Å². The molecule has 0 rings (SSSR count). The molecule has 2 heteroatoms. The van der Waals surface area contributed by atoms with Crippen LogP contribution >= 0.6 is 0 Å². The van der Waals surface area contributed by atoms with Crippen molar-refractivity contribution < 1.29 is 2.85 Å². The largest absolute Gasteiger partial charge is 2.00 e. The van der Waals surface area contributed by atoms with E-state index in [-0.39, 0.29) is 48.3 Å². The summed E-state index contributed by atoms with van der Waals surface area (Å²) in [5, 5.41) is 3.11. The van der Waals surface area contributed by atoms with Gasteiger partial charge in [0.05, 0.1) is 0 Å². The van der Waals surface area contributed by atoms with Crippen LogP contribution in [0.3, 0.4) is 0 Å². The molecule has 0 aliphatic heterocycles. The van der Waals surface area contributed by atoms with Gasteiger partial charge in [0.15, 0.2) is 0 Å². The summed E-state index contributed by atoms with van der Waals surface area (Å²) in [5.74, 6) is 0. The minimum absolute atomic E-state index is 0. The standard InChI is InChI=1S/C4H11N.Sr.2H/c1-3-5-4-2;;;/h5H,3-4H2,1-2H3;;;/q;+2;2*-1. The van der Waals surface area contributed by atoms with Gasteiger partial charge in [-0.2, -0.15) is 0 Å². The van der Waals surface area contributed by atoms with Crippen LogP contribution in [0.5, 0.6) is 0 Å². The summed E-state index contributed by atoms with van der Waals surface area (Å²) in [6, 6.07) is 0. The fraction of sp³-hybridized carbons (Fsp3) is 1.00. The van der Waals surface area contributed by atoms with Gasteiger partial charge in [-0.25, -0.2) is 0 Å². The van der Waals surface area contributed by atoms with Crippen LogP contribution in [0.1, 0.15) is 16.7 Å². The van der Waals surface area contributed by atoms with Gasteiger partial charge in [0.25, 0.3) is 0 Å². The van der Waals surface area contributed by atoms with Crippen molar-refractivity contribution in [3.63, 3.8) is 0 Å². The van der Waals surface area contributed by atoms with Crippen molar-refractivity contribution in [2.75, 3.05) is 13.1 Å². The SMILES string of the molecule is CCNCC.[H-].[H-].[Sr+2].